The molecule has 1 heterocycles. The number of nitrogens with zero attached hydrogens (tertiary/aromatic N) is 2. The number of piperidine rings is 1. The summed E-state index contributed by atoms with van der Waals surface area (Å²) < 4.78 is 0. The van der Waals surface area contributed by atoms with Gasteiger partial charge in [0.05, 0.1) is 12.6 Å². The van der Waals surface area contributed by atoms with E-state index in [1.807, 2.05) is 72.5 Å². The normalized spacial score (nSPS) is 14.9. The maximum absolute atomic E-state index is 13.9. The van der Waals surface area contributed by atoms with Crippen LogP contribution in [-0.4, -0.2) is 83.3 Å². The molecule has 3 aromatic carbocycles. The summed E-state index contributed by atoms with van der Waals surface area (Å²) >= 11 is 0. The first-order valence-electron chi connectivity index (χ1n) is 17.5. The van der Waals surface area contributed by atoms with Crippen molar-refractivity contribution in [2.24, 2.45) is 5.73 Å². The van der Waals surface area contributed by atoms with Gasteiger partial charge in [-0.25, -0.2) is 0 Å². The number of carbonyl (C=O) groups is 5. The zero-order valence-corrected chi connectivity index (χ0v) is 29.9. The number of likely N-dealkylation sites (tertiary alicyclic amines) is 1. The predicted octanol–water partition coefficient (Wildman–Crippen LogP) is 2.66. The molecule has 12 heteroatoms. The van der Waals surface area contributed by atoms with Crippen LogP contribution in [0.5, 0.6) is 5.75 Å². The highest BCUT2D eigenvalue weighted by Crippen LogP contribution is 2.26. The number of hydrogen-bond donors (Lipinski definition) is 5. The van der Waals surface area contributed by atoms with Crippen LogP contribution in [0.2, 0.25) is 0 Å². The molecule has 5 amide bonds. The summed E-state index contributed by atoms with van der Waals surface area (Å²) in [7, 11) is 0. The number of nitrogens with two attached hydrogens (primary N) is 1. The Bertz CT molecular complexity index is 1650. The Morgan fingerprint density at radius 1 is 0.863 bits per heavy atom. The van der Waals surface area contributed by atoms with Gasteiger partial charge in [0.2, 0.25) is 29.5 Å². The van der Waals surface area contributed by atoms with Crippen LogP contribution in [-0.2, 0) is 36.8 Å². The van der Waals surface area contributed by atoms with Crippen LogP contribution in [0.3, 0.4) is 0 Å². The third-order valence-electron chi connectivity index (χ3n) is 9.18. The first-order chi connectivity index (χ1) is 24.4. The average molecular weight is 699 g/mol. The smallest absolute Gasteiger partial charge is 0.245 e. The molecule has 4 rings (SSSR count). The van der Waals surface area contributed by atoms with Crippen molar-refractivity contribution >= 4 is 35.2 Å². The summed E-state index contributed by atoms with van der Waals surface area (Å²) in [5.41, 5.74) is 9.95. The molecular weight excluding hydrogens is 648 g/mol. The molecule has 6 N–H and O–H groups in total. The number of phenols is 1. The SMILES string of the molecule is CCC(=O)N(c1ccccc1)C1CCN(C(=O)[C@H](Cc2ccccc2)NC(=O)CNC(=O)[C@@H](C)NC(=O)[C@@H](N)Cc2cc(C)c(O)c(C)c2)CC1. The standard InChI is InChI=1S/C39H50N6O6/c1-5-35(47)45(30-14-10-7-11-15-30)31-16-18-44(19-17-31)39(51)33(23-28-12-8-6-9-13-28)43-34(46)24-41-37(49)27(4)42-38(50)32(40)22-29-20-25(2)36(48)26(3)21-29/h6-15,20-21,27,31-33,48H,5,16-19,22-24,40H2,1-4H3,(H,41,49)(H,42,50)(H,43,46)/t27-,32+,33+/m1/s1. The van der Waals surface area contributed by atoms with Gasteiger partial charge in [0, 0.05) is 37.7 Å². The molecule has 0 radical (unpaired) electrons. The average Bonchev–Trinajstić information content (AvgIpc) is 3.13. The van der Waals surface area contributed by atoms with Crippen LogP contribution in [0, 0.1) is 13.8 Å². The van der Waals surface area contributed by atoms with E-state index >= 15 is 0 Å². The monoisotopic (exact) mass is 698 g/mol. The Labute approximate surface area is 299 Å². The number of benzene rings is 3. The highest BCUT2D eigenvalue weighted by atomic mass is 16.3. The Balaban J connectivity index is 1.32. The molecule has 0 aliphatic carbocycles. The number of amides is 5. The minimum Gasteiger partial charge on any atom is -0.507 e. The molecule has 12 nitrogen and oxygen atoms in total. The van der Waals surface area contributed by atoms with Gasteiger partial charge in [0.25, 0.3) is 0 Å². The van der Waals surface area contributed by atoms with Crippen LogP contribution in [0.15, 0.2) is 72.8 Å². The van der Waals surface area contributed by atoms with E-state index in [1.165, 1.54) is 6.92 Å². The van der Waals surface area contributed by atoms with Crippen LogP contribution in [0.1, 0.15) is 55.4 Å². The van der Waals surface area contributed by atoms with E-state index in [1.54, 1.807) is 30.9 Å². The largest absolute Gasteiger partial charge is 0.507 e. The van der Waals surface area contributed by atoms with Gasteiger partial charge >= 0.3 is 0 Å². The lowest BCUT2D eigenvalue weighted by molar-refractivity contribution is -0.137. The maximum Gasteiger partial charge on any atom is 0.245 e. The minimum absolute atomic E-state index is 0.0261. The topological polar surface area (TPSA) is 174 Å². The van der Waals surface area contributed by atoms with Crippen molar-refractivity contribution in [2.45, 2.75) is 84.0 Å². The summed E-state index contributed by atoms with van der Waals surface area (Å²) in [6.07, 6.45) is 2.02. The second-order valence-corrected chi connectivity index (χ2v) is 13.2. The van der Waals surface area contributed by atoms with Gasteiger partial charge in [0.1, 0.15) is 17.8 Å². The number of hydrogen-bond acceptors (Lipinski definition) is 7. The number of nitrogens with one attached hydrogen (secondary N) is 3. The van der Waals surface area contributed by atoms with Crippen molar-refractivity contribution in [1.29, 1.82) is 0 Å². The molecule has 3 atom stereocenters. The quantitative estimate of drug-likeness (QED) is 0.172. The van der Waals surface area contributed by atoms with Gasteiger partial charge in [-0.15, -0.1) is 0 Å². The molecular formula is C39H50N6O6. The molecule has 1 fully saturated rings. The summed E-state index contributed by atoms with van der Waals surface area (Å²) in [6.45, 7) is 7.31. The number of carbonyl (C=O) groups excluding carboxylic acids is 5. The Kier molecular flexibility index (Phi) is 13.7. The molecule has 0 bridgehead atoms. The third-order valence-corrected chi connectivity index (χ3v) is 9.18. The fraction of sp³-hybridized carbons (Fsp3) is 0.410. The molecule has 1 aliphatic heterocycles. The van der Waals surface area contributed by atoms with E-state index in [0.717, 1.165) is 16.8 Å². The molecule has 0 spiro atoms. The van der Waals surface area contributed by atoms with Crippen LogP contribution in [0.4, 0.5) is 5.69 Å². The number of anilines is 1. The fourth-order valence-electron chi connectivity index (χ4n) is 6.39. The van der Waals surface area contributed by atoms with Gasteiger partial charge in [-0.05, 0) is 74.4 Å². The van der Waals surface area contributed by atoms with Gasteiger partial charge in [-0.2, -0.15) is 0 Å². The molecule has 272 valence electrons. The van der Waals surface area contributed by atoms with Gasteiger partial charge < -0.3 is 36.6 Å². The molecule has 0 saturated carbocycles. The van der Waals surface area contributed by atoms with Gasteiger partial charge in [-0.3, -0.25) is 24.0 Å². The van der Waals surface area contributed by atoms with Gasteiger partial charge in [0.15, 0.2) is 0 Å². The van der Waals surface area contributed by atoms with E-state index in [4.69, 9.17) is 5.73 Å². The van der Waals surface area contributed by atoms with Crippen molar-refractivity contribution in [3.63, 3.8) is 0 Å². The zero-order chi connectivity index (χ0) is 37.1. The number of phenolic OH excluding ortho intramolecular Hbond substituents is 1. The number of rotatable bonds is 14. The minimum atomic E-state index is -0.974. The van der Waals surface area contributed by atoms with Crippen molar-refractivity contribution < 1.29 is 29.1 Å². The lowest BCUT2D eigenvalue weighted by atomic mass is 9.99. The first kappa shape index (κ1) is 38.6. The molecule has 1 saturated heterocycles. The van der Waals surface area contributed by atoms with E-state index in [2.05, 4.69) is 16.0 Å². The number of para-hydroxylation sites is 1. The second kappa shape index (κ2) is 18.1. The summed E-state index contributed by atoms with van der Waals surface area (Å²) in [4.78, 5) is 69.0. The van der Waals surface area contributed by atoms with Crippen molar-refractivity contribution in [1.82, 2.24) is 20.9 Å². The highest BCUT2D eigenvalue weighted by molar-refractivity contribution is 5.94. The Morgan fingerprint density at radius 3 is 2.04 bits per heavy atom. The van der Waals surface area contributed by atoms with Crippen molar-refractivity contribution in [3.8, 4) is 5.75 Å². The summed E-state index contributed by atoms with van der Waals surface area (Å²) in [6, 6.07) is 19.6. The highest BCUT2D eigenvalue weighted by Gasteiger charge is 2.33. The third kappa shape index (κ3) is 10.6. The van der Waals surface area contributed by atoms with Crippen LogP contribution in [0.25, 0.3) is 0 Å². The van der Waals surface area contributed by atoms with E-state index in [9.17, 15) is 29.1 Å². The number of aromatic hydroxyl groups is 1. The molecule has 0 aromatic heterocycles. The van der Waals surface area contributed by atoms with E-state index in [-0.39, 0.29) is 36.4 Å². The molecule has 51 heavy (non-hydrogen) atoms. The maximum atomic E-state index is 13.9. The van der Waals surface area contributed by atoms with E-state index < -0.39 is 42.4 Å². The Hall–Kier alpha value is -5.23. The lowest BCUT2D eigenvalue weighted by Crippen LogP contribution is -2.56. The zero-order valence-electron chi connectivity index (χ0n) is 29.9. The summed E-state index contributed by atoms with van der Waals surface area (Å²) in [5, 5.41) is 17.9. The molecule has 0 unspecified atom stereocenters. The van der Waals surface area contributed by atoms with E-state index in [0.29, 0.717) is 43.5 Å². The first-order valence-corrected chi connectivity index (χ1v) is 17.5. The lowest BCUT2D eigenvalue weighted by Gasteiger charge is -2.39. The molecule has 3 aromatic rings. The number of aryl methyl sites for hydroxylation is 2. The fourth-order valence-corrected chi connectivity index (χ4v) is 6.39. The summed E-state index contributed by atoms with van der Waals surface area (Å²) in [5.74, 6) is -1.69. The predicted molar refractivity (Wildman–Crippen MR) is 196 cm³/mol. The second-order valence-electron chi connectivity index (χ2n) is 13.2. The van der Waals surface area contributed by atoms with Crippen molar-refractivity contribution in [2.75, 3.05) is 24.5 Å². The van der Waals surface area contributed by atoms with Crippen LogP contribution >= 0.6 is 0 Å². The van der Waals surface area contributed by atoms with Gasteiger partial charge in [-0.1, -0.05) is 67.6 Å². The van der Waals surface area contributed by atoms with Crippen LogP contribution < -0.4 is 26.6 Å². The Morgan fingerprint density at radius 2 is 1.45 bits per heavy atom. The molecule has 1 aliphatic rings. The van der Waals surface area contributed by atoms with Crippen molar-refractivity contribution in [3.05, 3.63) is 95.1 Å².